The highest BCUT2D eigenvalue weighted by Gasteiger charge is 2.09. The molecule has 0 spiro atoms. The molecule has 0 aromatic carbocycles. The lowest BCUT2D eigenvalue weighted by molar-refractivity contribution is -0.150. The van der Waals surface area contributed by atoms with Crippen molar-refractivity contribution < 1.29 is 19.4 Å². The van der Waals surface area contributed by atoms with Gasteiger partial charge in [0.1, 0.15) is 0 Å². The fraction of sp³-hybridized carbons (Fsp3) is 0.222. The monoisotopic (exact) mass is 210 g/mol. The normalized spacial score (nSPS) is 9.40. The van der Waals surface area contributed by atoms with Crippen molar-refractivity contribution in [2.75, 3.05) is 7.11 Å². The van der Waals surface area contributed by atoms with Crippen molar-refractivity contribution in [1.29, 1.82) is 0 Å². The molecule has 6 heteroatoms. The number of ether oxygens (including phenoxy) is 1. The van der Waals surface area contributed by atoms with Gasteiger partial charge in [-0.1, -0.05) is 6.07 Å². The van der Waals surface area contributed by atoms with E-state index in [2.05, 4.69) is 10.3 Å². The number of nitrogens with one attached hydrogen (secondary N) is 1. The van der Waals surface area contributed by atoms with Crippen LogP contribution in [0.1, 0.15) is 5.56 Å². The number of aromatic nitrogens is 1. The zero-order valence-corrected chi connectivity index (χ0v) is 8.06. The molecular formula is C9H10N2O4. The quantitative estimate of drug-likeness (QED) is 0.674. The molecule has 1 rings (SSSR count). The van der Waals surface area contributed by atoms with Crippen molar-refractivity contribution in [3.05, 3.63) is 23.9 Å². The number of aliphatic carboxylic acids is 1. The maximum Gasteiger partial charge on any atom is 0.394 e. The summed E-state index contributed by atoms with van der Waals surface area (Å²) in [6, 6.07) is 3.32. The summed E-state index contributed by atoms with van der Waals surface area (Å²) < 4.78 is 4.84. The van der Waals surface area contributed by atoms with Gasteiger partial charge in [0, 0.05) is 18.8 Å². The molecule has 0 saturated carbocycles. The van der Waals surface area contributed by atoms with Crippen LogP contribution in [0.3, 0.4) is 0 Å². The molecule has 0 saturated heterocycles. The van der Waals surface area contributed by atoms with Gasteiger partial charge in [0.05, 0.1) is 7.11 Å². The van der Waals surface area contributed by atoms with Gasteiger partial charge in [-0.05, 0) is 5.56 Å². The van der Waals surface area contributed by atoms with Crippen molar-refractivity contribution in [2.45, 2.75) is 6.54 Å². The molecule has 0 bridgehead atoms. The summed E-state index contributed by atoms with van der Waals surface area (Å²) in [7, 11) is 1.49. The van der Waals surface area contributed by atoms with Gasteiger partial charge in [0.2, 0.25) is 5.88 Å². The van der Waals surface area contributed by atoms with Crippen LogP contribution in [0.2, 0.25) is 0 Å². The lowest BCUT2D eigenvalue weighted by Gasteiger charge is -2.02. The van der Waals surface area contributed by atoms with Crippen LogP contribution in [0, 0.1) is 0 Å². The zero-order valence-electron chi connectivity index (χ0n) is 8.06. The first-order valence-electron chi connectivity index (χ1n) is 4.13. The van der Waals surface area contributed by atoms with Crippen LogP contribution >= 0.6 is 0 Å². The molecule has 0 fully saturated rings. The molecule has 15 heavy (non-hydrogen) atoms. The van der Waals surface area contributed by atoms with E-state index in [1.807, 2.05) is 0 Å². The molecule has 0 unspecified atom stereocenters. The molecule has 0 atom stereocenters. The van der Waals surface area contributed by atoms with E-state index in [9.17, 15) is 9.59 Å². The average molecular weight is 210 g/mol. The summed E-state index contributed by atoms with van der Waals surface area (Å²) in [5, 5.41) is 10.5. The topological polar surface area (TPSA) is 88.5 Å². The Hall–Kier alpha value is -2.11. The number of carboxylic acids is 1. The lowest BCUT2D eigenvalue weighted by atomic mass is 10.3. The van der Waals surface area contributed by atoms with Crippen molar-refractivity contribution in [3.63, 3.8) is 0 Å². The minimum atomic E-state index is -1.50. The van der Waals surface area contributed by atoms with Gasteiger partial charge in [0.25, 0.3) is 0 Å². The first-order chi connectivity index (χ1) is 7.13. The zero-order chi connectivity index (χ0) is 11.3. The second-order valence-corrected chi connectivity index (χ2v) is 2.70. The van der Waals surface area contributed by atoms with E-state index in [1.54, 1.807) is 12.1 Å². The van der Waals surface area contributed by atoms with Crippen LogP contribution in [-0.2, 0) is 16.1 Å². The molecule has 0 aliphatic rings. The first-order valence-corrected chi connectivity index (χ1v) is 4.13. The van der Waals surface area contributed by atoms with Crippen LogP contribution in [0.15, 0.2) is 18.3 Å². The third-order valence-corrected chi connectivity index (χ3v) is 1.65. The molecule has 2 N–H and O–H groups in total. The van der Waals surface area contributed by atoms with Gasteiger partial charge in [-0.3, -0.25) is 4.79 Å². The van der Waals surface area contributed by atoms with E-state index in [-0.39, 0.29) is 6.54 Å². The van der Waals surface area contributed by atoms with Crippen molar-refractivity contribution in [3.8, 4) is 5.88 Å². The second-order valence-electron chi connectivity index (χ2n) is 2.70. The number of hydrogen-bond donors (Lipinski definition) is 2. The van der Waals surface area contributed by atoms with Gasteiger partial charge in [0.15, 0.2) is 0 Å². The summed E-state index contributed by atoms with van der Waals surface area (Å²) in [6.07, 6.45) is 1.50. The Balaban J connectivity index is 2.51. The Morgan fingerprint density at radius 3 is 2.73 bits per heavy atom. The van der Waals surface area contributed by atoms with Crippen LogP contribution in [0.5, 0.6) is 5.88 Å². The van der Waals surface area contributed by atoms with Gasteiger partial charge in [-0.25, -0.2) is 9.78 Å². The number of pyridine rings is 1. The van der Waals surface area contributed by atoms with Gasteiger partial charge in [-0.15, -0.1) is 0 Å². The predicted molar refractivity (Wildman–Crippen MR) is 50.3 cm³/mol. The van der Waals surface area contributed by atoms with Gasteiger partial charge >= 0.3 is 11.9 Å². The summed E-state index contributed by atoms with van der Waals surface area (Å²) in [4.78, 5) is 24.8. The highest BCUT2D eigenvalue weighted by molar-refractivity contribution is 6.31. The fourth-order valence-corrected chi connectivity index (χ4v) is 0.894. The smallest absolute Gasteiger partial charge is 0.394 e. The third kappa shape index (κ3) is 3.26. The largest absolute Gasteiger partial charge is 0.481 e. The van der Waals surface area contributed by atoms with E-state index in [1.165, 1.54) is 13.3 Å². The third-order valence-electron chi connectivity index (χ3n) is 1.65. The lowest BCUT2D eigenvalue weighted by Crippen LogP contribution is -2.30. The summed E-state index contributed by atoms with van der Waals surface area (Å²) in [5.41, 5.74) is 0.699. The molecule has 1 amide bonds. The SMILES string of the molecule is COc1ccc(CNC(=O)C(=O)O)cn1. The maximum atomic E-state index is 10.7. The second kappa shape index (κ2) is 4.94. The number of carboxylic acid groups (broad SMARTS) is 1. The molecule has 0 radical (unpaired) electrons. The standard InChI is InChI=1S/C9H10N2O4/c1-15-7-3-2-6(4-10-7)5-11-8(12)9(13)14/h2-4H,5H2,1H3,(H,11,12)(H,13,14). The average Bonchev–Trinajstić information content (AvgIpc) is 2.26. The Labute approximate surface area is 85.9 Å². The number of carbonyl (C=O) groups excluding carboxylic acids is 1. The Bertz CT molecular complexity index is 361. The van der Waals surface area contributed by atoms with E-state index < -0.39 is 11.9 Å². The summed E-state index contributed by atoms with van der Waals surface area (Å²) >= 11 is 0. The summed E-state index contributed by atoms with van der Waals surface area (Å²) in [6.45, 7) is 0.127. The number of carbonyl (C=O) groups is 2. The van der Waals surface area contributed by atoms with Crippen molar-refractivity contribution in [2.24, 2.45) is 0 Å². The van der Waals surface area contributed by atoms with Gasteiger partial charge < -0.3 is 15.2 Å². The minimum Gasteiger partial charge on any atom is -0.481 e. The molecule has 1 aromatic rings. The number of rotatable bonds is 3. The van der Waals surface area contributed by atoms with E-state index in [0.29, 0.717) is 11.4 Å². The van der Waals surface area contributed by atoms with E-state index in [4.69, 9.17) is 9.84 Å². The number of amides is 1. The molecule has 1 heterocycles. The van der Waals surface area contributed by atoms with E-state index >= 15 is 0 Å². The molecule has 6 nitrogen and oxygen atoms in total. The van der Waals surface area contributed by atoms with E-state index in [0.717, 1.165) is 0 Å². The van der Waals surface area contributed by atoms with Crippen LogP contribution < -0.4 is 10.1 Å². The Kier molecular flexibility index (Phi) is 3.61. The molecular weight excluding hydrogens is 200 g/mol. The first kappa shape index (κ1) is 11.0. The maximum absolute atomic E-state index is 10.7. The van der Waals surface area contributed by atoms with Crippen molar-refractivity contribution >= 4 is 11.9 Å². The molecule has 80 valence electrons. The van der Waals surface area contributed by atoms with Crippen LogP contribution in [-0.4, -0.2) is 29.1 Å². The Morgan fingerprint density at radius 1 is 1.53 bits per heavy atom. The van der Waals surface area contributed by atoms with Crippen molar-refractivity contribution in [1.82, 2.24) is 10.3 Å². The number of hydrogen-bond acceptors (Lipinski definition) is 4. The minimum absolute atomic E-state index is 0.127. The number of methoxy groups -OCH3 is 1. The molecule has 0 aliphatic heterocycles. The fourth-order valence-electron chi connectivity index (χ4n) is 0.894. The molecule has 1 aromatic heterocycles. The summed E-state index contributed by atoms with van der Waals surface area (Å²) in [5.74, 6) is -2.08. The van der Waals surface area contributed by atoms with Crippen LogP contribution in [0.4, 0.5) is 0 Å². The number of nitrogens with zero attached hydrogens (tertiary/aromatic N) is 1. The van der Waals surface area contributed by atoms with Gasteiger partial charge in [-0.2, -0.15) is 0 Å². The van der Waals surface area contributed by atoms with Crippen LogP contribution in [0.25, 0.3) is 0 Å². The Morgan fingerprint density at radius 2 is 2.27 bits per heavy atom. The highest BCUT2D eigenvalue weighted by atomic mass is 16.5. The predicted octanol–water partition coefficient (Wildman–Crippen LogP) is -0.209. The molecule has 0 aliphatic carbocycles. The highest BCUT2D eigenvalue weighted by Crippen LogP contribution is 2.05.